The molecule has 0 spiro atoms. The first-order valence-electron chi connectivity index (χ1n) is 7.30. The maximum atomic E-state index is 9.89. The van der Waals surface area contributed by atoms with E-state index in [1.807, 2.05) is 31.2 Å². The van der Waals surface area contributed by atoms with Crippen molar-refractivity contribution in [2.75, 3.05) is 26.3 Å². The van der Waals surface area contributed by atoms with Crippen LogP contribution in [-0.2, 0) is 4.74 Å². The summed E-state index contributed by atoms with van der Waals surface area (Å²) in [5, 5.41) is 13.2. The summed E-state index contributed by atoms with van der Waals surface area (Å²) in [7, 11) is 0. The lowest BCUT2D eigenvalue weighted by Gasteiger charge is -2.24. The largest absolute Gasteiger partial charge is 0.491 e. The predicted octanol–water partition coefficient (Wildman–Crippen LogP) is 1.89. The van der Waals surface area contributed by atoms with Crippen LogP contribution < -0.4 is 10.1 Å². The van der Waals surface area contributed by atoms with Gasteiger partial charge in [-0.05, 0) is 38.8 Å². The zero-order valence-corrected chi connectivity index (χ0v) is 12.4. The SMILES string of the molecule is Cc1ccc(OCC(O)CNCC2(C)CCCO2)cc1. The molecule has 4 nitrogen and oxygen atoms in total. The minimum atomic E-state index is -0.513. The van der Waals surface area contributed by atoms with E-state index < -0.39 is 6.10 Å². The second kappa shape index (κ2) is 7.07. The lowest BCUT2D eigenvalue weighted by atomic mass is 10.0. The lowest BCUT2D eigenvalue weighted by Crippen LogP contribution is -2.41. The van der Waals surface area contributed by atoms with Gasteiger partial charge >= 0.3 is 0 Å². The summed E-state index contributed by atoms with van der Waals surface area (Å²) in [6.45, 7) is 6.58. The monoisotopic (exact) mass is 279 g/mol. The molecular weight excluding hydrogens is 254 g/mol. The molecule has 1 aliphatic rings. The van der Waals surface area contributed by atoms with Gasteiger partial charge in [0.05, 0.1) is 5.60 Å². The van der Waals surface area contributed by atoms with Gasteiger partial charge in [-0.3, -0.25) is 0 Å². The number of aryl methyl sites for hydroxylation is 1. The van der Waals surface area contributed by atoms with E-state index in [0.29, 0.717) is 13.2 Å². The molecule has 0 radical (unpaired) electrons. The van der Waals surface area contributed by atoms with E-state index in [1.165, 1.54) is 5.56 Å². The molecule has 20 heavy (non-hydrogen) atoms. The molecule has 1 saturated heterocycles. The Balaban J connectivity index is 1.62. The highest BCUT2D eigenvalue weighted by Gasteiger charge is 2.29. The second-order valence-corrected chi connectivity index (χ2v) is 5.81. The highest BCUT2D eigenvalue weighted by atomic mass is 16.5. The number of hydrogen-bond donors (Lipinski definition) is 2. The molecule has 1 aliphatic heterocycles. The fourth-order valence-electron chi connectivity index (χ4n) is 2.37. The zero-order valence-electron chi connectivity index (χ0n) is 12.4. The van der Waals surface area contributed by atoms with Crippen LogP contribution in [0.5, 0.6) is 5.75 Å². The maximum Gasteiger partial charge on any atom is 0.119 e. The van der Waals surface area contributed by atoms with Crippen molar-refractivity contribution in [2.24, 2.45) is 0 Å². The van der Waals surface area contributed by atoms with Gasteiger partial charge in [-0.15, -0.1) is 0 Å². The van der Waals surface area contributed by atoms with Crippen LogP contribution in [0.3, 0.4) is 0 Å². The summed E-state index contributed by atoms with van der Waals surface area (Å²) in [4.78, 5) is 0. The first-order valence-corrected chi connectivity index (χ1v) is 7.30. The molecule has 2 N–H and O–H groups in total. The molecule has 4 heteroatoms. The van der Waals surface area contributed by atoms with Gasteiger partial charge in [0.2, 0.25) is 0 Å². The van der Waals surface area contributed by atoms with Crippen molar-refractivity contribution in [3.8, 4) is 5.75 Å². The molecule has 1 heterocycles. The van der Waals surface area contributed by atoms with Gasteiger partial charge in [-0.1, -0.05) is 17.7 Å². The Hall–Kier alpha value is -1.10. The smallest absolute Gasteiger partial charge is 0.119 e. The van der Waals surface area contributed by atoms with E-state index >= 15 is 0 Å². The molecule has 1 aromatic carbocycles. The fourth-order valence-corrected chi connectivity index (χ4v) is 2.37. The van der Waals surface area contributed by atoms with E-state index in [2.05, 4.69) is 12.2 Å². The molecule has 0 bridgehead atoms. The van der Waals surface area contributed by atoms with Gasteiger partial charge in [0.15, 0.2) is 0 Å². The highest BCUT2D eigenvalue weighted by Crippen LogP contribution is 2.23. The number of nitrogens with one attached hydrogen (secondary N) is 1. The highest BCUT2D eigenvalue weighted by molar-refractivity contribution is 5.26. The zero-order chi connectivity index (χ0) is 14.4. The van der Waals surface area contributed by atoms with Crippen molar-refractivity contribution in [3.05, 3.63) is 29.8 Å². The van der Waals surface area contributed by atoms with Crippen molar-refractivity contribution in [2.45, 2.75) is 38.4 Å². The Morgan fingerprint density at radius 2 is 2.15 bits per heavy atom. The third-order valence-electron chi connectivity index (χ3n) is 3.64. The van der Waals surface area contributed by atoms with Crippen molar-refractivity contribution >= 4 is 0 Å². The Bertz CT molecular complexity index is 399. The summed E-state index contributed by atoms with van der Waals surface area (Å²) in [5.41, 5.74) is 1.13. The maximum absolute atomic E-state index is 9.89. The lowest BCUT2D eigenvalue weighted by molar-refractivity contribution is 0.0170. The average molecular weight is 279 g/mol. The van der Waals surface area contributed by atoms with Crippen molar-refractivity contribution < 1.29 is 14.6 Å². The van der Waals surface area contributed by atoms with Crippen molar-refractivity contribution in [3.63, 3.8) is 0 Å². The van der Waals surface area contributed by atoms with Crippen LogP contribution >= 0.6 is 0 Å². The average Bonchev–Trinajstić information content (AvgIpc) is 2.85. The third kappa shape index (κ3) is 4.78. The summed E-state index contributed by atoms with van der Waals surface area (Å²) in [6.07, 6.45) is 1.69. The molecular formula is C16H25NO3. The predicted molar refractivity (Wildman–Crippen MR) is 79.1 cm³/mol. The summed E-state index contributed by atoms with van der Waals surface area (Å²) in [5.74, 6) is 0.792. The number of rotatable bonds is 7. The minimum absolute atomic E-state index is 0.0719. The van der Waals surface area contributed by atoms with E-state index in [9.17, 15) is 5.11 Å². The normalized spacial score (nSPS) is 23.8. The third-order valence-corrected chi connectivity index (χ3v) is 3.64. The molecule has 1 fully saturated rings. The standard InChI is InChI=1S/C16H25NO3/c1-13-4-6-15(7-5-13)19-11-14(18)10-17-12-16(2)8-3-9-20-16/h4-7,14,17-18H,3,8-12H2,1-2H3. The van der Waals surface area contributed by atoms with E-state index in [0.717, 1.165) is 31.7 Å². The minimum Gasteiger partial charge on any atom is -0.491 e. The van der Waals surface area contributed by atoms with E-state index in [1.54, 1.807) is 0 Å². The summed E-state index contributed by atoms with van der Waals surface area (Å²) in [6, 6.07) is 7.84. The van der Waals surface area contributed by atoms with Crippen LogP contribution in [0.2, 0.25) is 0 Å². The Morgan fingerprint density at radius 3 is 2.80 bits per heavy atom. The van der Waals surface area contributed by atoms with Gasteiger partial charge in [0.25, 0.3) is 0 Å². The second-order valence-electron chi connectivity index (χ2n) is 5.81. The van der Waals surface area contributed by atoms with Crippen LogP contribution in [-0.4, -0.2) is 43.1 Å². The van der Waals surface area contributed by atoms with Crippen molar-refractivity contribution in [1.82, 2.24) is 5.32 Å². The molecule has 2 atom stereocenters. The van der Waals surface area contributed by atoms with Crippen LogP contribution in [0, 0.1) is 6.92 Å². The van der Waals surface area contributed by atoms with Crippen LogP contribution in [0.15, 0.2) is 24.3 Å². The van der Waals surface area contributed by atoms with Gasteiger partial charge < -0.3 is 19.9 Å². The van der Waals surface area contributed by atoms with Crippen molar-refractivity contribution in [1.29, 1.82) is 0 Å². The molecule has 0 aromatic heterocycles. The first kappa shape index (κ1) is 15.3. The number of aliphatic hydroxyl groups is 1. The number of ether oxygens (including phenoxy) is 2. The Kier molecular flexibility index (Phi) is 5.40. The van der Waals surface area contributed by atoms with Gasteiger partial charge in [0.1, 0.15) is 18.5 Å². The molecule has 0 amide bonds. The summed E-state index contributed by atoms with van der Waals surface area (Å²) < 4.78 is 11.2. The topological polar surface area (TPSA) is 50.7 Å². The molecule has 0 saturated carbocycles. The summed E-state index contributed by atoms with van der Waals surface area (Å²) >= 11 is 0. The first-order chi connectivity index (χ1) is 9.57. The van der Waals surface area contributed by atoms with Gasteiger partial charge in [0, 0.05) is 19.7 Å². The van der Waals surface area contributed by atoms with E-state index in [4.69, 9.17) is 9.47 Å². The molecule has 1 aromatic rings. The van der Waals surface area contributed by atoms with Gasteiger partial charge in [-0.25, -0.2) is 0 Å². The number of benzene rings is 1. The van der Waals surface area contributed by atoms with Crippen LogP contribution in [0.4, 0.5) is 0 Å². The Morgan fingerprint density at radius 1 is 1.40 bits per heavy atom. The van der Waals surface area contributed by atoms with Crippen LogP contribution in [0.25, 0.3) is 0 Å². The van der Waals surface area contributed by atoms with E-state index in [-0.39, 0.29) is 5.60 Å². The quantitative estimate of drug-likeness (QED) is 0.800. The number of hydrogen-bond acceptors (Lipinski definition) is 4. The molecule has 2 rings (SSSR count). The fraction of sp³-hybridized carbons (Fsp3) is 0.625. The van der Waals surface area contributed by atoms with Gasteiger partial charge in [-0.2, -0.15) is 0 Å². The molecule has 0 aliphatic carbocycles. The molecule has 2 unspecified atom stereocenters. The number of aliphatic hydroxyl groups excluding tert-OH is 1. The Labute approximate surface area is 121 Å². The van der Waals surface area contributed by atoms with Crippen LogP contribution in [0.1, 0.15) is 25.3 Å². The molecule has 112 valence electrons.